The van der Waals surface area contributed by atoms with Crippen LogP contribution in [-0.2, 0) is 17.1 Å². The first-order chi connectivity index (χ1) is 16.3. The van der Waals surface area contributed by atoms with Gasteiger partial charge in [-0.1, -0.05) is 0 Å². The van der Waals surface area contributed by atoms with Gasteiger partial charge in [-0.3, -0.25) is 0 Å². The van der Waals surface area contributed by atoms with Crippen molar-refractivity contribution in [3.63, 3.8) is 0 Å². The molecule has 0 spiro atoms. The van der Waals surface area contributed by atoms with Crippen LogP contribution >= 0.6 is 0 Å². The topological polar surface area (TPSA) is 50.0 Å². The fourth-order valence-corrected chi connectivity index (χ4v) is 4.40. The van der Waals surface area contributed by atoms with Crippen LogP contribution in [0.25, 0.3) is 21.8 Å². The molecule has 2 N–H and O–H groups in total. The average Bonchev–Trinajstić information content (AvgIpc) is 3.68. The Morgan fingerprint density at radius 1 is 0.706 bits per heavy atom. The van der Waals surface area contributed by atoms with E-state index in [1.807, 2.05) is 42.5 Å². The summed E-state index contributed by atoms with van der Waals surface area (Å²) in [6.07, 6.45) is 4.22. The molecule has 0 amide bonds. The molecule has 6 aromatic rings. The summed E-state index contributed by atoms with van der Waals surface area (Å²) >= 11 is 0. The van der Waals surface area contributed by atoms with Crippen LogP contribution in [0.2, 0.25) is 0 Å². The first kappa shape index (κ1) is 23.5. The van der Waals surface area contributed by atoms with Gasteiger partial charge < -0.3 is 19.4 Å². The van der Waals surface area contributed by atoms with Gasteiger partial charge >= 0.3 is 17.1 Å². The van der Waals surface area contributed by atoms with Gasteiger partial charge in [-0.25, -0.2) is 24.3 Å². The first-order valence-corrected chi connectivity index (χ1v) is 11.0. The number of H-pyrrole nitrogens is 2. The van der Waals surface area contributed by atoms with Crippen molar-refractivity contribution in [3.8, 4) is 11.5 Å². The molecule has 0 bridgehead atoms. The molecule has 0 saturated carbocycles. The van der Waals surface area contributed by atoms with Crippen LogP contribution in [0.3, 0.4) is 0 Å². The first-order valence-electron chi connectivity index (χ1n) is 11.0. The summed E-state index contributed by atoms with van der Waals surface area (Å²) in [7, 11) is 3.40. The van der Waals surface area contributed by atoms with Crippen LogP contribution < -0.4 is 9.47 Å². The summed E-state index contributed by atoms with van der Waals surface area (Å²) in [5.74, 6) is 1.81. The predicted octanol–water partition coefficient (Wildman–Crippen LogP) is 6.97. The molecular formula is C29H26FeN2O2. The standard InChI is InChI=1S/C24H21N2O2.C5H5.Fe/c1-27-16-7-9-22-18(11-16)20(13-25-22)24(15-5-3-4-6-15)21-14-26-23-10-8-17(28-2)12-19(21)23;1-2-4-5-3-1;/h3-14,24-26H,1-2H3;1-5H;/q2*-1;+2. The number of aromatic nitrogens is 2. The maximum absolute atomic E-state index is 5.47. The normalized spacial score (nSPS) is 10.7. The molecule has 0 aliphatic rings. The number of hydrogen-bond acceptors (Lipinski definition) is 2. The molecule has 4 nitrogen and oxygen atoms in total. The van der Waals surface area contributed by atoms with Gasteiger partial charge in [-0.2, -0.15) is 35.9 Å². The predicted molar refractivity (Wildman–Crippen MR) is 135 cm³/mol. The van der Waals surface area contributed by atoms with Crippen molar-refractivity contribution < 1.29 is 26.5 Å². The number of rotatable bonds is 5. The minimum absolute atomic E-state index is 0. The van der Waals surface area contributed by atoms with Crippen LogP contribution in [0.15, 0.2) is 103 Å². The molecular weight excluding hydrogens is 464 g/mol. The Labute approximate surface area is 209 Å². The van der Waals surface area contributed by atoms with Gasteiger partial charge in [0.05, 0.1) is 14.2 Å². The van der Waals surface area contributed by atoms with Gasteiger partial charge in [0.15, 0.2) is 0 Å². The summed E-state index contributed by atoms with van der Waals surface area (Å²) in [5, 5.41) is 2.34. The maximum atomic E-state index is 5.47. The third-order valence-corrected chi connectivity index (χ3v) is 6.04. The van der Waals surface area contributed by atoms with E-state index in [4.69, 9.17) is 9.47 Å². The summed E-state index contributed by atoms with van der Waals surface area (Å²) in [4.78, 5) is 6.85. The molecule has 0 aliphatic heterocycles. The van der Waals surface area contributed by atoms with E-state index in [2.05, 4.69) is 70.9 Å². The van der Waals surface area contributed by atoms with Crippen molar-refractivity contribution >= 4 is 21.8 Å². The number of benzene rings is 2. The molecule has 2 heterocycles. The second-order valence-corrected chi connectivity index (χ2v) is 7.92. The van der Waals surface area contributed by atoms with Gasteiger partial charge in [0, 0.05) is 40.1 Å². The molecule has 172 valence electrons. The van der Waals surface area contributed by atoms with E-state index >= 15 is 0 Å². The smallest absolute Gasteiger partial charge is 0.497 e. The number of fused-ring (bicyclic) bond motifs is 2. The number of methoxy groups -OCH3 is 2. The Kier molecular flexibility index (Phi) is 7.27. The van der Waals surface area contributed by atoms with Crippen molar-refractivity contribution in [2.45, 2.75) is 5.92 Å². The Morgan fingerprint density at radius 2 is 1.26 bits per heavy atom. The number of ether oxygens (including phenoxy) is 2. The van der Waals surface area contributed by atoms with Crippen molar-refractivity contribution in [1.29, 1.82) is 0 Å². The van der Waals surface area contributed by atoms with Gasteiger partial charge in [-0.05, 0) is 47.5 Å². The monoisotopic (exact) mass is 490 g/mol. The molecule has 0 unspecified atom stereocenters. The zero-order chi connectivity index (χ0) is 22.6. The van der Waals surface area contributed by atoms with E-state index in [9.17, 15) is 0 Å². The summed E-state index contributed by atoms with van der Waals surface area (Å²) in [6.45, 7) is 0. The quantitative estimate of drug-likeness (QED) is 0.203. The van der Waals surface area contributed by atoms with Crippen molar-refractivity contribution in [1.82, 2.24) is 9.97 Å². The Hall–Kier alpha value is -3.66. The Morgan fingerprint density at radius 3 is 1.68 bits per heavy atom. The second-order valence-electron chi connectivity index (χ2n) is 7.92. The van der Waals surface area contributed by atoms with Crippen LogP contribution in [0.4, 0.5) is 0 Å². The average molecular weight is 490 g/mol. The van der Waals surface area contributed by atoms with Crippen molar-refractivity contribution in [2.75, 3.05) is 14.2 Å². The van der Waals surface area contributed by atoms with E-state index in [0.29, 0.717) is 0 Å². The second kappa shape index (κ2) is 10.5. The van der Waals surface area contributed by atoms with Crippen molar-refractivity contribution in [2.24, 2.45) is 0 Å². The third kappa shape index (κ3) is 4.54. The van der Waals surface area contributed by atoms with Crippen LogP contribution in [0.1, 0.15) is 22.6 Å². The zero-order valence-electron chi connectivity index (χ0n) is 19.1. The summed E-state index contributed by atoms with van der Waals surface area (Å²) in [6, 6.07) is 30.9. The van der Waals surface area contributed by atoms with Crippen LogP contribution in [0.5, 0.6) is 11.5 Å². The molecule has 4 aromatic carbocycles. The molecule has 0 atom stereocenters. The van der Waals surface area contributed by atoms with Gasteiger partial charge in [0.25, 0.3) is 0 Å². The fraction of sp³-hybridized carbons (Fsp3) is 0.103. The fourth-order valence-electron chi connectivity index (χ4n) is 4.40. The number of nitrogens with one attached hydrogen (secondary N) is 2. The largest absolute Gasteiger partial charge is 2.00 e. The molecule has 0 radical (unpaired) electrons. The van der Waals surface area contributed by atoms with Gasteiger partial charge in [-0.15, -0.1) is 0 Å². The van der Waals surface area contributed by atoms with E-state index in [-0.39, 0.29) is 23.0 Å². The molecule has 0 aliphatic carbocycles. The maximum Gasteiger partial charge on any atom is 2.00 e. The van der Waals surface area contributed by atoms with E-state index in [1.165, 1.54) is 27.5 Å². The minimum atomic E-state index is 0. The minimum Gasteiger partial charge on any atom is -0.497 e. The summed E-state index contributed by atoms with van der Waals surface area (Å²) < 4.78 is 10.9. The van der Waals surface area contributed by atoms with E-state index < -0.39 is 0 Å². The Balaban J connectivity index is 0.000000407. The number of aromatic amines is 2. The van der Waals surface area contributed by atoms with E-state index in [0.717, 1.165) is 22.5 Å². The van der Waals surface area contributed by atoms with E-state index in [1.54, 1.807) is 14.2 Å². The molecule has 6 rings (SSSR count). The number of hydrogen-bond donors (Lipinski definition) is 2. The summed E-state index contributed by atoms with van der Waals surface area (Å²) in [5.41, 5.74) is 5.91. The van der Waals surface area contributed by atoms with Crippen molar-refractivity contribution in [3.05, 3.63) is 120 Å². The zero-order valence-corrected chi connectivity index (χ0v) is 20.2. The Bertz CT molecular complexity index is 1340. The molecule has 0 fully saturated rings. The molecule has 2 aromatic heterocycles. The van der Waals surface area contributed by atoms with Crippen LogP contribution in [-0.4, -0.2) is 24.2 Å². The van der Waals surface area contributed by atoms with Gasteiger partial charge in [0.1, 0.15) is 11.5 Å². The van der Waals surface area contributed by atoms with Gasteiger partial charge in [0.2, 0.25) is 0 Å². The molecule has 34 heavy (non-hydrogen) atoms. The molecule has 0 saturated heterocycles. The third-order valence-electron chi connectivity index (χ3n) is 6.04. The SMILES string of the molecule is COc1ccc2[nH]cc(C(c3ccc[cH-]3)c3c[nH]c4ccc(OC)cc34)c2c1.[Fe+2].c1cc[cH-]c1. The van der Waals surface area contributed by atoms with Crippen LogP contribution in [0, 0.1) is 0 Å². The molecule has 5 heteroatoms.